The van der Waals surface area contributed by atoms with E-state index in [9.17, 15) is 4.91 Å². The minimum absolute atomic E-state index is 0.0427. The van der Waals surface area contributed by atoms with Crippen molar-refractivity contribution in [2.45, 2.75) is 59.1 Å². The molecular weight excluding hydrogens is 222 g/mol. The SMILES string of the molecule is CC(C)(C)C(CCCO)(SN=O)C(C)(C)C. The van der Waals surface area contributed by atoms with Crippen molar-refractivity contribution in [3.63, 3.8) is 0 Å². The molecule has 4 heteroatoms. The van der Waals surface area contributed by atoms with Gasteiger partial charge in [0.15, 0.2) is 0 Å². The first-order valence-electron chi connectivity index (χ1n) is 5.74. The Hall–Kier alpha value is -0.0900. The van der Waals surface area contributed by atoms with Gasteiger partial charge in [0, 0.05) is 23.1 Å². The smallest absolute Gasteiger partial charge is 0.0509 e. The number of aliphatic hydroxyl groups excluding tert-OH is 1. The Morgan fingerprint density at radius 3 is 1.75 bits per heavy atom. The van der Waals surface area contributed by atoms with Crippen LogP contribution in [0.25, 0.3) is 0 Å². The van der Waals surface area contributed by atoms with Crippen molar-refractivity contribution in [1.29, 1.82) is 0 Å². The van der Waals surface area contributed by atoms with E-state index >= 15 is 0 Å². The van der Waals surface area contributed by atoms with Gasteiger partial charge in [-0.1, -0.05) is 41.5 Å². The van der Waals surface area contributed by atoms with Gasteiger partial charge in [0.25, 0.3) is 0 Å². The topological polar surface area (TPSA) is 49.7 Å². The average molecular weight is 247 g/mol. The lowest BCUT2D eigenvalue weighted by Gasteiger charge is -2.51. The van der Waals surface area contributed by atoms with Crippen LogP contribution in [0.3, 0.4) is 0 Å². The number of nitrogens with zero attached hydrogens (tertiary/aromatic N) is 1. The Balaban J connectivity index is 5.31. The van der Waals surface area contributed by atoms with Crippen molar-refractivity contribution in [2.75, 3.05) is 6.61 Å². The molecule has 0 unspecified atom stereocenters. The first-order valence-corrected chi connectivity index (χ1v) is 6.51. The van der Waals surface area contributed by atoms with Gasteiger partial charge in [-0.25, -0.2) is 0 Å². The molecule has 0 atom stereocenters. The van der Waals surface area contributed by atoms with Crippen LogP contribution < -0.4 is 0 Å². The molecule has 0 aliphatic carbocycles. The van der Waals surface area contributed by atoms with Crippen LogP contribution in [0, 0.1) is 15.7 Å². The molecule has 0 aliphatic rings. The summed E-state index contributed by atoms with van der Waals surface area (Å²) in [5, 5.41) is 9.01. The highest BCUT2D eigenvalue weighted by Crippen LogP contribution is 2.56. The monoisotopic (exact) mass is 247 g/mol. The molecule has 0 amide bonds. The molecule has 0 aromatic heterocycles. The molecule has 0 fully saturated rings. The normalized spacial score (nSPS) is 13.9. The lowest BCUT2D eigenvalue weighted by atomic mass is 9.64. The molecule has 0 radical (unpaired) electrons. The molecule has 16 heavy (non-hydrogen) atoms. The molecule has 0 rings (SSSR count). The summed E-state index contributed by atoms with van der Waals surface area (Å²) in [5.41, 5.74) is -0.0853. The number of hydrogen-bond acceptors (Lipinski definition) is 4. The van der Waals surface area contributed by atoms with E-state index in [1.54, 1.807) is 0 Å². The lowest BCUT2D eigenvalue weighted by Crippen LogP contribution is -2.50. The van der Waals surface area contributed by atoms with Gasteiger partial charge in [0.2, 0.25) is 0 Å². The molecule has 3 nitrogen and oxygen atoms in total. The first-order chi connectivity index (χ1) is 7.12. The Morgan fingerprint density at radius 2 is 1.50 bits per heavy atom. The van der Waals surface area contributed by atoms with E-state index in [4.69, 9.17) is 5.11 Å². The van der Waals surface area contributed by atoms with Crippen LogP contribution in [0.4, 0.5) is 0 Å². The van der Waals surface area contributed by atoms with Crippen LogP contribution in [0.15, 0.2) is 4.58 Å². The molecular formula is C12H25NO2S. The summed E-state index contributed by atoms with van der Waals surface area (Å²) in [6, 6.07) is 0. The maximum atomic E-state index is 10.7. The number of hydrogen-bond donors (Lipinski definition) is 1. The van der Waals surface area contributed by atoms with Gasteiger partial charge in [0.05, 0.1) is 4.75 Å². The zero-order chi connectivity index (χ0) is 13.0. The van der Waals surface area contributed by atoms with E-state index < -0.39 is 0 Å². The predicted molar refractivity (Wildman–Crippen MR) is 71.3 cm³/mol. The third-order valence-electron chi connectivity index (χ3n) is 3.30. The van der Waals surface area contributed by atoms with Crippen LogP contribution in [0.2, 0.25) is 0 Å². The molecule has 0 aromatic rings. The average Bonchev–Trinajstić information content (AvgIpc) is 2.08. The van der Waals surface area contributed by atoms with Crippen molar-refractivity contribution >= 4 is 11.9 Å². The van der Waals surface area contributed by atoms with Gasteiger partial charge in [0.1, 0.15) is 0 Å². The molecule has 0 saturated heterocycles. The zero-order valence-electron chi connectivity index (χ0n) is 11.3. The van der Waals surface area contributed by atoms with E-state index in [0.29, 0.717) is 6.42 Å². The maximum Gasteiger partial charge on any atom is 0.0509 e. The largest absolute Gasteiger partial charge is 0.396 e. The minimum atomic E-state index is -0.246. The fraction of sp³-hybridized carbons (Fsp3) is 1.00. The quantitative estimate of drug-likeness (QED) is 0.590. The van der Waals surface area contributed by atoms with E-state index in [1.165, 1.54) is 0 Å². The predicted octanol–water partition coefficient (Wildman–Crippen LogP) is 4.00. The van der Waals surface area contributed by atoms with E-state index in [0.717, 1.165) is 18.4 Å². The highest BCUT2D eigenvalue weighted by atomic mass is 32.2. The van der Waals surface area contributed by atoms with Crippen LogP contribution >= 0.6 is 11.9 Å². The van der Waals surface area contributed by atoms with Crippen molar-refractivity contribution in [3.8, 4) is 0 Å². The molecule has 0 aromatic carbocycles. The van der Waals surface area contributed by atoms with Crippen LogP contribution in [-0.4, -0.2) is 16.5 Å². The minimum Gasteiger partial charge on any atom is -0.396 e. The summed E-state index contributed by atoms with van der Waals surface area (Å²) in [5.74, 6) is 0. The number of aliphatic hydroxyl groups is 1. The summed E-state index contributed by atoms with van der Waals surface area (Å²) in [7, 11) is 0. The van der Waals surface area contributed by atoms with Gasteiger partial charge in [-0.2, -0.15) is 0 Å². The molecule has 0 bridgehead atoms. The van der Waals surface area contributed by atoms with Gasteiger partial charge in [-0.05, 0) is 23.7 Å². The Morgan fingerprint density at radius 1 is 1.06 bits per heavy atom. The highest BCUT2D eigenvalue weighted by molar-refractivity contribution is 7.99. The van der Waals surface area contributed by atoms with Crippen molar-refractivity contribution < 1.29 is 5.11 Å². The van der Waals surface area contributed by atoms with Gasteiger partial charge in [-0.3, -0.25) is 0 Å². The van der Waals surface area contributed by atoms with Crippen LogP contribution in [0.5, 0.6) is 0 Å². The van der Waals surface area contributed by atoms with Crippen LogP contribution in [0.1, 0.15) is 54.4 Å². The molecule has 0 heterocycles. The van der Waals surface area contributed by atoms with Gasteiger partial charge < -0.3 is 5.11 Å². The molecule has 0 saturated carbocycles. The van der Waals surface area contributed by atoms with Crippen molar-refractivity contribution in [3.05, 3.63) is 4.91 Å². The third-order valence-corrected chi connectivity index (χ3v) is 5.12. The summed E-state index contributed by atoms with van der Waals surface area (Å²) in [4.78, 5) is 10.7. The summed E-state index contributed by atoms with van der Waals surface area (Å²) < 4.78 is 2.83. The Labute approximate surface area is 104 Å². The summed E-state index contributed by atoms with van der Waals surface area (Å²) >= 11 is 1.14. The summed E-state index contributed by atoms with van der Waals surface area (Å²) in [6.07, 6.45) is 1.50. The highest BCUT2D eigenvalue weighted by Gasteiger charge is 2.51. The number of nitroso groups, excluding NO2 is 1. The van der Waals surface area contributed by atoms with E-state index in [-0.39, 0.29) is 22.2 Å². The summed E-state index contributed by atoms with van der Waals surface area (Å²) in [6.45, 7) is 13.0. The molecule has 0 spiro atoms. The van der Waals surface area contributed by atoms with E-state index in [2.05, 4.69) is 46.1 Å². The van der Waals surface area contributed by atoms with Crippen LogP contribution in [-0.2, 0) is 0 Å². The first kappa shape index (κ1) is 15.9. The van der Waals surface area contributed by atoms with E-state index in [1.807, 2.05) is 0 Å². The fourth-order valence-electron chi connectivity index (χ4n) is 2.59. The second-order valence-electron chi connectivity index (χ2n) is 6.32. The Bertz CT molecular complexity index is 214. The third kappa shape index (κ3) is 3.20. The molecule has 96 valence electrons. The van der Waals surface area contributed by atoms with Crippen molar-refractivity contribution in [1.82, 2.24) is 0 Å². The number of rotatable bonds is 5. The second-order valence-corrected chi connectivity index (χ2v) is 7.35. The molecule has 1 N–H and O–H groups in total. The van der Waals surface area contributed by atoms with Gasteiger partial charge >= 0.3 is 0 Å². The standard InChI is InChI=1S/C12H25NO2S/c1-10(2,3)12(16-13-15,8-7-9-14)11(4,5)6/h14H,7-9H2,1-6H3. The zero-order valence-corrected chi connectivity index (χ0v) is 12.1. The van der Waals surface area contributed by atoms with Gasteiger partial charge in [-0.15, -0.1) is 4.91 Å². The second kappa shape index (κ2) is 5.50. The fourth-order valence-corrected chi connectivity index (χ4v) is 3.50. The molecule has 0 aliphatic heterocycles. The lowest BCUT2D eigenvalue weighted by molar-refractivity contribution is 0.121. The Kier molecular flexibility index (Phi) is 5.47. The van der Waals surface area contributed by atoms with Crippen molar-refractivity contribution in [2.24, 2.45) is 15.4 Å². The maximum absolute atomic E-state index is 10.7.